The van der Waals surface area contributed by atoms with Gasteiger partial charge < -0.3 is 19.9 Å². The first-order valence-electron chi connectivity index (χ1n) is 7.27. The molecule has 0 unspecified atom stereocenters. The number of nitrogens with one attached hydrogen (secondary N) is 1. The van der Waals surface area contributed by atoms with Gasteiger partial charge in [-0.05, 0) is 48.6 Å². The number of hydrazone groups is 1. The fourth-order valence-corrected chi connectivity index (χ4v) is 2.43. The zero-order valence-electron chi connectivity index (χ0n) is 14.0. The summed E-state index contributed by atoms with van der Waals surface area (Å²) < 4.78 is 16.6. The average molecular weight is 438 g/mol. The van der Waals surface area contributed by atoms with Gasteiger partial charge in [-0.25, -0.2) is 4.79 Å². The van der Waals surface area contributed by atoms with Crippen molar-refractivity contribution in [3.8, 4) is 17.2 Å². The Balaban J connectivity index is 2.26. The van der Waals surface area contributed by atoms with Crippen LogP contribution in [0, 0.1) is 0 Å². The maximum Gasteiger partial charge on any atom is 0.343 e. The molecule has 3 N–H and O–H groups in total. The molecule has 0 aliphatic carbocycles. The second-order valence-corrected chi connectivity index (χ2v) is 6.23. The van der Waals surface area contributed by atoms with E-state index in [1.807, 2.05) is 0 Å². The number of thiocarbonyl (C=S) groups is 1. The molecule has 26 heavy (non-hydrogen) atoms. The molecule has 0 atom stereocenters. The predicted molar refractivity (Wildman–Crippen MR) is 106 cm³/mol. The summed E-state index contributed by atoms with van der Waals surface area (Å²) in [7, 11) is 3.01. The van der Waals surface area contributed by atoms with E-state index >= 15 is 0 Å². The van der Waals surface area contributed by atoms with Crippen molar-refractivity contribution in [2.24, 2.45) is 10.8 Å². The number of carbonyl (C=O) groups is 1. The Bertz CT molecular complexity index is 858. The molecular weight excluding hydrogens is 422 g/mol. The van der Waals surface area contributed by atoms with E-state index in [9.17, 15) is 4.79 Å². The second kappa shape index (κ2) is 9.16. The van der Waals surface area contributed by atoms with Gasteiger partial charge in [0.2, 0.25) is 0 Å². The van der Waals surface area contributed by atoms with Crippen LogP contribution >= 0.6 is 28.1 Å². The summed E-state index contributed by atoms with van der Waals surface area (Å²) in [4.78, 5) is 12.5. The predicted octanol–water partition coefficient (Wildman–Crippen LogP) is 2.85. The third-order valence-electron chi connectivity index (χ3n) is 3.17. The molecule has 0 radical (unpaired) electrons. The van der Waals surface area contributed by atoms with Crippen LogP contribution in [0.4, 0.5) is 0 Å². The van der Waals surface area contributed by atoms with Crippen molar-refractivity contribution >= 4 is 45.4 Å². The summed E-state index contributed by atoms with van der Waals surface area (Å²) in [6.45, 7) is 0. The first kappa shape index (κ1) is 19.7. The summed E-state index contributed by atoms with van der Waals surface area (Å²) in [6.07, 6.45) is 1.45. The molecule has 0 heterocycles. The number of rotatable bonds is 6. The van der Waals surface area contributed by atoms with Gasteiger partial charge >= 0.3 is 5.97 Å². The van der Waals surface area contributed by atoms with Gasteiger partial charge in [0, 0.05) is 10.0 Å². The highest BCUT2D eigenvalue weighted by atomic mass is 79.9. The fraction of sp³-hybridized carbons (Fsp3) is 0.118. The van der Waals surface area contributed by atoms with Crippen LogP contribution in [0.5, 0.6) is 17.2 Å². The van der Waals surface area contributed by atoms with Crippen molar-refractivity contribution in [2.75, 3.05) is 14.2 Å². The number of benzene rings is 2. The van der Waals surface area contributed by atoms with Crippen LogP contribution in [-0.2, 0) is 0 Å². The van der Waals surface area contributed by atoms with Gasteiger partial charge in [-0.3, -0.25) is 5.43 Å². The van der Waals surface area contributed by atoms with Gasteiger partial charge in [-0.1, -0.05) is 15.9 Å². The third kappa shape index (κ3) is 5.17. The van der Waals surface area contributed by atoms with Crippen LogP contribution in [0.25, 0.3) is 0 Å². The van der Waals surface area contributed by atoms with E-state index in [-0.39, 0.29) is 5.11 Å². The molecule has 0 amide bonds. The minimum Gasteiger partial charge on any atom is -0.493 e. The van der Waals surface area contributed by atoms with Crippen molar-refractivity contribution < 1.29 is 19.0 Å². The molecular formula is C17H16BrN3O4S. The lowest BCUT2D eigenvalue weighted by atomic mass is 10.2. The van der Waals surface area contributed by atoms with E-state index in [0.29, 0.717) is 28.4 Å². The summed E-state index contributed by atoms with van der Waals surface area (Å²) in [6, 6.07) is 9.89. The zero-order valence-corrected chi connectivity index (χ0v) is 16.4. The molecule has 2 rings (SSSR count). The van der Waals surface area contributed by atoms with Gasteiger partial charge in [0.1, 0.15) is 5.75 Å². The second-order valence-electron chi connectivity index (χ2n) is 4.88. The van der Waals surface area contributed by atoms with E-state index in [1.54, 1.807) is 36.4 Å². The maximum absolute atomic E-state index is 12.5. The van der Waals surface area contributed by atoms with Crippen molar-refractivity contribution in [3.63, 3.8) is 0 Å². The normalized spacial score (nSPS) is 10.4. The summed E-state index contributed by atoms with van der Waals surface area (Å²) in [5, 5.41) is 3.91. The van der Waals surface area contributed by atoms with Crippen LogP contribution < -0.4 is 25.4 Å². The van der Waals surface area contributed by atoms with Gasteiger partial charge in [-0.2, -0.15) is 5.10 Å². The lowest BCUT2D eigenvalue weighted by molar-refractivity contribution is 0.0734. The quantitative estimate of drug-likeness (QED) is 0.236. The van der Waals surface area contributed by atoms with Crippen molar-refractivity contribution in [1.82, 2.24) is 5.43 Å². The number of hydrogen-bond acceptors (Lipinski definition) is 6. The van der Waals surface area contributed by atoms with Gasteiger partial charge in [0.25, 0.3) is 0 Å². The number of nitrogens with two attached hydrogens (primary N) is 1. The zero-order chi connectivity index (χ0) is 19.1. The highest BCUT2D eigenvalue weighted by Gasteiger charge is 2.14. The van der Waals surface area contributed by atoms with Crippen molar-refractivity contribution in [3.05, 3.63) is 52.0 Å². The molecule has 136 valence electrons. The van der Waals surface area contributed by atoms with Gasteiger partial charge in [0.15, 0.2) is 16.6 Å². The van der Waals surface area contributed by atoms with E-state index in [1.165, 1.54) is 20.4 Å². The smallest absolute Gasteiger partial charge is 0.343 e. The number of carbonyl (C=O) groups excluding carboxylic acids is 1. The molecule has 9 heteroatoms. The average Bonchev–Trinajstić information content (AvgIpc) is 2.62. The van der Waals surface area contributed by atoms with Crippen LogP contribution in [0.1, 0.15) is 15.9 Å². The SMILES string of the molecule is COc1ccc(C(=O)Oc2ccc(Br)cc2/C=N/NC(N)=S)cc1OC. The lowest BCUT2D eigenvalue weighted by Crippen LogP contribution is -2.24. The number of nitrogens with zero attached hydrogens (tertiary/aromatic N) is 1. The molecule has 0 spiro atoms. The highest BCUT2D eigenvalue weighted by Crippen LogP contribution is 2.29. The van der Waals surface area contributed by atoms with E-state index in [4.69, 9.17) is 19.9 Å². The molecule has 0 saturated carbocycles. The number of esters is 1. The Labute approximate surface area is 164 Å². The standard InChI is InChI=1S/C17H16BrN3O4S/c1-23-14-5-3-10(8-15(14)24-2)16(22)25-13-6-4-12(18)7-11(13)9-20-21-17(19)26/h3-9H,1-2H3,(H3,19,21,26)/b20-9+. The van der Waals surface area contributed by atoms with Gasteiger partial charge in [0.05, 0.1) is 26.0 Å². The van der Waals surface area contributed by atoms with E-state index in [2.05, 4.69) is 38.7 Å². The molecule has 0 aliphatic rings. The monoisotopic (exact) mass is 437 g/mol. The number of methoxy groups -OCH3 is 2. The Morgan fingerprint density at radius 1 is 1.15 bits per heavy atom. The maximum atomic E-state index is 12.5. The van der Waals surface area contributed by atoms with Gasteiger partial charge in [-0.15, -0.1) is 0 Å². The van der Waals surface area contributed by atoms with Crippen molar-refractivity contribution in [1.29, 1.82) is 0 Å². The molecule has 0 saturated heterocycles. The number of hydrogen-bond donors (Lipinski definition) is 2. The van der Waals surface area contributed by atoms with Crippen LogP contribution in [-0.4, -0.2) is 31.5 Å². The fourth-order valence-electron chi connectivity index (χ4n) is 2.00. The first-order valence-corrected chi connectivity index (χ1v) is 8.47. The molecule has 7 nitrogen and oxygen atoms in total. The Morgan fingerprint density at radius 2 is 1.85 bits per heavy atom. The molecule has 0 fully saturated rings. The first-order chi connectivity index (χ1) is 12.4. The van der Waals surface area contributed by atoms with Crippen molar-refractivity contribution in [2.45, 2.75) is 0 Å². The Hall–Kier alpha value is -2.65. The van der Waals surface area contributed by atoms with Crippen LogP contribution in [0.3, 0.4) is 0 Å². The lowest BCUT2D eigenvalue weighted by Gasteiger charge is -2.11. The minimum atomic E-state index is -0.551. The molecule has 0 aliphatic heterocycles. The van der Waals surface area contributed by atoms with E-state index in [0.717, 1.165) is 4.47 Å². The topological polar surface area (TPSA) is 95.2 Å². The van der Waals surface area contributed by atoms with Crippen LogP contribution in [0.2, 0.25) is 0 Å². The summed E-state index contributed by atoms with van der Waals surface area (Å²) >= 11 is 8.04. The highest BCUT2D eigenvalue weighted by molar-refractivity contribution is 9.10. The number of ether oxygens (including phenoxy) is 3. The minimum absolute atomic E-state index is 0.0279. The van der Waals surface area contributed by atoms with Crippen LogP contribution in [0.15, 0.2) is 46.0 Å². The molecule has 2 aromatic carbocycles. The molecule has 2 aromatic rings. The molecule has 0 aromatic heterocycles. The third-order valence-corrected chi connectivity index (χ3v) is 3.76. The van der Waals surface area contributed by atoms with E-state index < -0.39 is 5.97 Å². The summed E-state index contributed by atoms with van der Waals surface area (Å²) in [5.74, 6) is 0.719. The Morgan fingerprint density at radius 3 is 2.50 bits per heavy atom. The molecule has 0 bridgehead atoms. The Kier molecular flexibility index (Phi) is 6.93. The number of halogens is 1. The summed E-state index contributed by atoms with van der Waals surface area (Å²) in [5.41, 5.74) is 8.64. The largest absolute Gasteiger partial charge is 0.493 e.